The zero-order valence-corrected chi connectivity index (χ0v) is 15.0. The molecule has 134 valence electrons. The zero-order valence-electron chi connectivity index (χ0n) is 15.0. The van der Waals surface area contributed by atoms with Crippen molar-refractivity contribution in [1.82, 2.24) is 4.98 Å². The van der Waals surface area contributed by atoms with Gasteiger partial charge in [0.05, 0.1) is 28.6 Å². The van der Waals surface area contributed by atoms with Gasteiger partial charge in [0.2, 0.25) is 11.1 Å². The van der Waals surface area contributed by atoms with Crippen LogP contribution in [0.1, 0.15) is 22.8 Å². The van der Waals surface area contributed by atoms with E-state index in [0.717, 1.165) is 11.1 Å². The Morgan fingerprint density at radius 1 is 1.07 bits per heavy atom. The molecule has 0 saturated heterocycles. The highest BCUT2D eigenvalue weighted by Crippen LogP contribution is 2.27. The molecular weight excluding hydrogens is 342 g/mol. The van der Waals surface area contributed by atoms with Gasteiger partial charge < -0.3 is 9.15 Å². The van der Waals surface area contributed by atoms with Crippen molar-refractivity contribution in [2.75, 3.05) is 6.61 Å². The third-order valence-corrected chi connectivity index (χ3v) is 4.36. The van der Waals surface area contributed by atoms with Crippen LogP contribution >= 0.6 is 0 Å². The lowest BCUT2D eigenvalue weighted by atomic mass is 10.0. The summed E-state index contributed by atoms with van der Waals surface area (Å²) in [5.41, 5.74) is 2.86. The van der Waals surface area contributed by atoms with Gasteiger partial charge in [-0.2, -0.15) is 0 Å². The smallest absolute Gasteiger partial charge is 0.340 e. The van der Waals surface area contributed by atoms with E-state index in [1.807, 2.05) is 43.3 Å². The third kappa shape index (κ3) is 2.97. The molecule has 4 rings (SSSR count). The highest BCUT2D eigenvalue weighted by molar-refractivity contribution is 6.01. The van der Waals surface area contributed by atoms with Crippen LogP contribution in [0.15, 0.2) is 63.8 Å². The highest BCUT2D eigenvalue weighted by Gasteiger charge is 2.20. The molecule has 2 heterocycles. The van der Waals surface area contributed by atoms with Gasteiger partial charge in [0.15, 0.2) is 0 Å². The number of aryl methyl sites for hydroxylation is 1. The summed E-state index contributed by atoms with van der Waals surface area (Å²) in [5, 5.41) is 0.714. The van der Waals surface area contributed by atoms with Crippen molar-refractivity contribution in [1.29, 1.82) is 0 Å². The van der Waals surface area contributed by atoms with Crippen molar-refractivity contribution in [3.63, 3.8) is 0 Å². The Kier molecular flexibility index (Phi) is 4.20. The molecule has 0 radical (unpaired) electrons. The zero-order chi connectivity index (χ0) is 19.0. The lowest BCUT2D eigenvalue weighted by Gasteiger charge is -2.10. The number of nitrogens with zero attached hydrogens (tertiary/aromatic N) is 1. The monoisotopic (exact) mass is 359 g/mol. The van der Waals surface area contributed by atoms with E-state index >= 15 is 0 Å². The molecule has 0 saturated carbocycles. The Balaban J connectivity index is 2.08. The first-order chi connectivity index (χ1) is 13.1. The summed E-state index contributed by atoms with van der Waals surface area (Å²) in [5.74, 6) is -0.519. The molecule has 0 aliphatic carbocycles. The second kappa shape index (κ2) is 6.68. The largest absolute Gasteiger partial charge is 0.462 e. The molecular formula is C22H17NO4. The second-order valence-electron chi connectivity index (χ2n) is 6.25. The van der Waals surface area contributed by atoms with Crippen LogP contribution in [-0.4, -0.2) is 17.6 Å². The lowest BCUT2D eigenvalue weighted by molar-refractivity contribution is 0.0527. The second-order valence-corrected chi connectivity index (χ2v) is 6.25. The standard InChI is InChI=1S/C22H17NO4/c1-3-26-22(25)16-12-17-20(24)15-10-9-13(2)11-18(15)27-21(17)23-19(16)14-7-5-4-6-8-14/h4-12H,3H2,1-2H3. The Hall–Kier alpha value is -3.47. The Bertz CT molecular complexity index is 1230. The van der Waals surface area contributed by atoms with Crippen LogP contribution < -0.4 is 5.43 Å². The van der Waals surface area contributed by atoms with Gasteiger partial charge in [0.1, 0.15) is 5.58 Å². The van der Waals surface area contributed by atoms with E-state index in [-0.39, 0.29) is 28.7 Å². The lowest BCUT2D eigenvalue weighted by Crippen LogP contribution is -2.11. The van der Waals surface area contributed by atoms with Crippen LogP contribution in [0.4, 0.5) is 0 Å². The molecule has 2 aromatic carbocycles. The van der Waals surface area contributed by atoms with Gasteiger partial charge in [0.25, 0.3) is 0 Å². The van der Waals surface area contributed by atoms with Crippen LogP contribution in [0.25, 0.3) is 33.3 Å². The van der Waals surface area contributed by atoms with Crippen molar-refractivity contribution in [3.05, 3.63) is 75.9 Å². The maximum atomic E-state index is 12.9. The Labute approximate surface area is 155 Å². The van der Waals surface area contributed by atoms with Crippen LogP contribution in [0.3, 0.4) is 0 Å². The molecule has 0 N–H and O–H groups in total. The number of pyridine rings is 1. The van der Waals surface area contributed by atoms with E-state index in [4.69, 9.17) is 9.15 Å². The molecule has 0 aliphatic heterocycles. The van der Waals surface area contributed by atoms with Crippen LogP contribution in [0, 0.1) is 6.92 Å². The quantitative estimate of drug-likeness (QED) is 0.398. The molecule has 0 atom stereocenters. The average Bonchev–Trinajstić information content (AvgIpc) is 2.68. The summed E-state index contributed by atoms with van der Waals surface area (Å²) < 4.78 is 11.1. The first kappa shape index (κ1) is 17.0. The fourth-order valence-corrected chi connectivity index (χ4v) is 3.07. The predicted octanol–water partition coefficient (Wildman–Crippen LogP) is 4.49. The number of ether oxygens (including phenoxy) is 1. The van der Waals surface area contributed by atoms with Crippen molar-refractivity contribution >= 4 is 28.0 Å². The van der Waals surface area contributed by atoms with Gasteiger partial charge in [0, 0.05) is 5.56 Å². The summed E-state index contributed by atoms with van der Waals surface area (Å²) in [6.07, 6.45) is 0. The van der Waals surface area contributed by atoms with Crippen molar-refractivity contribution in [2.24, 2.45) is 0 Å². The number of hydrogen-bond donors (Lipinski definition) is 0. The summed E-state index contributed by atoms with van der Waals surface area (Å²) in [6, 6.07) is 16.2. The minimum Gasteiger partial charge on any atom is -0.462 e. The first-order valence-electron chi connectivity index (χ1n) is 8.69. The molecule has 0 amide bonds. The van der Waals surface area contributed by atoms with E-state index in [1.165, 1.54) is 6.07 Å². The van der Waals surface area contributed by atoms with Crippen LogP contribution in [0.5, 0.6) is 0 Å². The summed E-state index contributed by atoms with van der Waals surface area (Å²) >= 11 is 0. The number of fused-ring (bicyclic) bond motifs is 2. The minimum absolute atomic E-state index is 0.199. The van der Waals surface area contributed by atoms with Crippen molar-refractivity contribution < 1.29 is 13.9 Å². The van der Waals surface area contributed by atoms with E-state index in [1.54, 1.807) is 19.1 Å². The van der Waals surface area contributed by atoms with Gasteiger partial charge in [-0.05, 0) is 37.6 Å². The molecule has 0 unspecified atom stereocenters. The molecule has 5 nitrogen and oxygen atoms in total. The molecule has 0 fully saturated rings. The maximum absolute atomic E-state index is 12.9. The molecule has 5 heteroatoms. The summed E-state index contributed by atoms with van der Waals surface area (Å²) in [7, 11) is 0. The van der Waals surface area contributed by atoms with E-state index in [0.29, 0.717) is 16.7 Å². The van der Waals surface area contributed by atoms with Gasteiger partial charge in [-0.1, -0.05) is 36.4 Å². The number of hydrogen-bond acceptors (Lipinski definition) is 5. The molecule has 0 bridgehead atoms. The fraction of sp³-hybridized carbons (Fsp3) is 0.136. The number of rotatable bonds is 3. The third-order valence-electron chi connectivity index (χ3n) is 4.36. The van der Waals surface area contributed by atoms with Crippen LogP contribution in [0.2, 0.25) is 0 Å². The van der Waals surface area contributed by atoms with E-state index in [2.05, 4.69) is 4.98 Å². The molecule has 27 heavy (non-hydrogen) atoms. The number of carbonyl (C=O) groups excluding carboxylic acids is 1. The molecule has 0 spiro atoms. The molecule has 4 aromatic rings. The molecule has 0 aliphatic rings. The van der Waals surface area contributed by atoms with Crippen molar-refractivity contribution in [2.45, 2.75) is 13.8 Å². The van der Waals surface area contributed by atoms with E-state index < -0.39 is 5.97 Å². The molecule has 2 aromatic heterocycles. The van der Waals surface area contributed by atoms with Gasteiger partial charge in [-0.25, -0.2) is 9.78 Å². The Morgan fingerprint density at radius 3 is 2.59 bits per heavy atom. The number of aromatic nitrogens is 1. The number of benzene rings is 2. The maximum Gasteiger partial charge on any atom is 0.340 e. The minimum atomic E-state index is -0.519. The highest BCUT2D eigenvalue weighted by atomic mass is 16.5. The predicted molar refractivity (Wildman–Crippen MR) is 104 cm³/mol. The van der Waals surface area contributed by atoms with Gasteiger partial charge in [-0.3, -0.25) is 4.79 Å². The van der Waals surface area contributed by atoms with Crippen LogP contribution in [-0.2, 0) is 4.74 Å². The van der Waals surface area contributed by atoms with E-state index in [9.17, 15) is 9.59 Å². The SMILES string of the molecule is CCOC(=O)c1cc2c(=O)c3ccc(C)cc3oc2nc1-c1ccccc1. The average molecular weight is 359 g/mol. The summed E-state index contributed by atoms with van der Waals surface area (Å²) in [6.45, 7) is 3.89. The summed E-state index contributed by atoms with van der Waals surface area (Å²) in [4.78, 5) is 30.0. The van der Waals surface area contributed by atoms with Gasteiger partial charge in [-0.15, -0.1) is 0 Å². The number of carbonyl (C=O) groups is 1. The van der Waals surface area contributed by atoms with Crippen molar-refractivity contribution in [3.8, 4) is 11.3 Å². The first-order valence-corrected chi connectivity index (χ1v) is 8.69. The topological polar surface area (TPSA) is 69.4 Å². The number of esters is 1. The Morgan fingerprint density at radius 2 is 1.85 bits per heavy atom. The fourth-order valence-electron chi connectivity index (χ4n) is 3.07. The van der Waals surface area contributed by atoms with Gasteiger partial charge >= 0.3 is 5.97 Å². The normalized spacial score (nSPS) is 11.0.